The van der Waals surface area contributed by atoms with Gasteiger partial charge in [-0.1, -0.05) is 17.7 Å². The average Bonchev–Trinajstić information content (AvgIpc) is 2.58. The van der Waals surface area contributed by atoms with E-state index in [-0.39, 0.29) is 11.9 Å². The van der Waals surface area contributed by atoms with E-state index in [4.69, 9.17) is 21.1 Å². The first-order valence-electron chi connectivity index (χ1n) is 9.35. The lowest BCUT2D eigenvalue weighted by Gasteiger charge is -2.37. The normalized spacial score (nSPS) is 18.6. The number of rotatable bonds is 5. The SMILES string of the molecule is C[C@@H](Oc1cccc(Cl)c1)C(=O)N1CCCC[C@H]1CNC(=O)OC(C)(C)C. The second-order valence-corrected chi connectivity index (χ2v) is 8.22. The summed E-state index contributed by atoms with van der Waals surface area (Å²) in [6, 6.07) is 6.92. The van der Waals surface area contributed by atoms with Gasteiger partial charge in [0, 0.05) is 24.2 Å². The summed E-state index contributed by atoms with van der Waals surface area (Å²) in [6.45, 7) is 8.21. The fourth-order valence-corrected chi connectivity index (χ4v) is 3.23. The highest BCUT2D eigenvalue weighted by Gasteiger charge is 2.31. The maximum absolute atomic E-state index is 12.9. The molecule has 2 amide bonds. The third-order valence-electron chi connectivity index (χ3n) is 4.25. The van der Waals surface area contributed by atoms with Crippen molar-refractivity contribution in [3.05, 3.63) is 29.3 Å². The average molecular weight is 397 g/mol. The van der Waals surface area contributed by atoms with Crippen LogP contribution in [0.2, 0.25) is 5.02 Å². The summed E-state index contributed by atoms with van der Waals surface area (Å²) in [5, 5.41) is 3.34. The molecule has 0 aliphatic carbocycles. The monoisotopic (exact) mass is 396 g/mol. The second kappa shape index (κ2) is 9.31. The molecule has 2 rings (SSSR count). The molecule has 0 unspecified atom stereocenters. The van der Waals surface area contributed by atoms with Crippen molar-refractivity contribution >= 4 is 23.6 Å². The Labute approximate surface area is 166 Å². The molecule has 150 valence electrons. The number of likely N-dealkylation sites (tertiary alicyclic amines) is 1. The van der Waals surface area contributed by atoms with E-state index in [1.54, 1.807) is 36.1 Å². The number of amides is 2. The van der Waals surface area contributed by atoms with E-state index in [9.17, 15) is 9.59 Å². The molecule has 7 heteroatoms. The third-order valence-corrected chi connectivity index (χ3v) is 4.48. The highest BCUT2D eigenvalue weighted by atomic mass is 35.5. The van der Waals surface area contributed by atoms with Crippen LogP contribution in [0.4, 0.5) is 4.79 Å². The standard InChI is InChI=1S/C20H29ClN2O4/c1-14(26-17-10-7-8-15(21)12-17)18(24)23-11-6-5-9-16(23)13-22-19(25)27-20(2,3)4/h7-8,10,12,14,16H,5-6,9,11,13H2,1-4H3,(H,22,25)/t14-,16+/m1/s1. The minimum atomic E-state index is -0.634. The lowest BCUT2D eigenvalue weighted by atomic mass is 10.0. The molecule has 27 heavy (non-hydrogen) atoms. The van der Waals surface area contributed by atoms with Gasteiger partial charge in [0.25, 0.3) is 5.91 Å². The molecule has 1 aromatic carbocycles. The van der Waals surface area contributed by atoms with Gasteiger partial charge in [-0.05, 0) is 65.2 Å². The summed E-state index contributed by atoms with van der Waals surface area (Å²) in [4.78, 5) is 26.6. The van der Waals surface area contributed by atoms with Crippen molar-refractivity contribution in [3.8, 4) is 5.75 Å². The maximum atomic E-state index is 12.9. The van der Waals surface area contributed by atoms with E-state index < -0.39 is 17.8 Å². The fourth-order valence-electron chi connectivity index (χ4n) is 3.05. The summed E-state index contributed by atoms with van der Waals surface area (Å²) in [6.07, 6.45) is 1.70. The topological polar surface area (TPSA) is 67.9 Å². The molecule has 1 aromatic rings. The number of halogens is 1. The molecule has 0 saturated carbocycles. The van der Waals surface area contributed by atoms with Crippen LogP contribution >= 0.6 is 11.6 Å². The molecule has 0 aromatic heterocycles. The smallest absolute Gasteiger partial charge is 0.407 e. The van der Waals surface area contributed by atoms with Crippen molar-refractivity contribution in [2.45, 2.75) is 64.7 Å². The van der Waals surface area contributed by atoms with Crippen LogP contribution in [0, 0.1) is 0 Å². The van der Waals surface area contributed by atoms with Crippen LogP contribution in [0.3, 0.4) is 0 Å². The Morgan fingerprint density at radius 2 is 2.07 bits per heavy atom. The number of piperidine rings is 1. The summed E-state index contributed by atoms with van der Waals surface area (Å²) in [7, 11) is 0. The Bertz CT molecular complexity index is 660. The van der Waals surface area contributed by atoms with Crippen molar-refractivity contribution in [3.63, 3.8) is 0 Å². The summed E-state index contributed by atoms with van der Waals surface area (Å²) in [5.41, 5.74) is -0.550. The zero-order valence-corrected chi connectivity index (χ0v) is 17.2. The van der Waals surface area contributed by atoms with Crippen LogP contribution in [-0.4, -0.2) is 47.7 Å². The number of alkyl carbamates (subject to hydrolysis) is 1. The van der Waals surface area contributed by atoms with Gasteiger partial charge >= 0.3 is 6.09 Å². The number of ether oxygens (including phenoxy) is 2. The number of nitrogens with zero attached hydrogens (tertiary/aromatic N) is 1. The van der Waals surface area contributed by atoms with E-state index in [1.165, 1.54) is 0 Å². The van der Waals surface area contributed by atoms with Gasteiger partial charge in [-0.25, -0.2) is 4.79 Å². The quantitative estimate of drug-likeness (QED) is 0.816. The third kappa shape index (κ3) is 6.94. The summed E-state index contributed by atoms with van der Waals surface area (Å²) in [5.74, 6) is 0.467. The lowest BCUT2D eigenvalue weighted by molar-refractivity contribution is -0.141. The molecule has 6 nitrogen and oxygen atoms in total. The van der Waals surface area contributed by atoms with Crippen LogP contribution < -0.4 is 10.1 Å². The van der Waals surface area contributed by atoms with Gasteiger partial charge in [0.1, 0.15) is 11.4 Å². The molecule has 1 fully saturated rings. The van der Waals surface area contributed by atoms with Crippen molar-refractivity contribution in [2.24, 2.45) is 0 Å². The van der Waals surface area contributed by atoms with Gasteiger partial charge < -0.3 is 19.7 Å². The van der Waals surface area contributed by atoms with E-state index in [0.29, 0.717) is 23.9 Å². The molecule has 1 aliphatic heterocycles. The largest absolute Gasteiger partial charge is 0.481 e. The maximum Gasteiger partial charge on any atom is 0.407 e. The van der Waals surface area contributed by atoms with Crippen LogP contribution in [0.15, 0.2) is 24.3 Å². The highest BCUT2D eigenvalue weighted by Crippen LogP contribution is 2.22. The van der Waals surface area contributed by atoms with Gasteiger partial charge in [-0.3, -0.25) is 4.79 Å². The van der Waals surface area contributed by atoms with E-state index >= 15 is 0 Å². The van der Waals surface area contributed by atoms with Crippen molar-refractivity contribution in [2.75, 3.05) is 13.1 Å². The molecule has 1 saturated heterocycles. The van der Waals surface area contributed by atoms with Crippen molar-refractivity contribution in [1.82, 2.24) is 10.2 Å². The van der Waals surface area contributed by atoms with Gasteiger partial charge in [0.05, 0.1) is 0 Å². The predicted octanol–water partition coefficient (Wildman–Crippen LogP) is 4.01. The number of carbonyl (C=O) groups excluding carboxylic acids is 2. The molecule has 2 atom stereocenters. The molecular weight excluding hydrogens is 368 g/mol. The van der Waals surface area contributed by atoms with Crippen LogP contribution in [-0.2, 0) is 9.53 Å². The summed E-state index contributed by atoms with van der Waals surface area (Å²) >= 11 is 5.97. The van der Waals surface area contributed by atoms with Crippen LogP contribution in [0.5, 0.6) is 5.75 Å². The Morgan fingerprint density at radius 3 is 2.74 bits per heavy atom. The Hall–Kier alpha value is -1.95. The van der Waals surface area contributed by atoms with Crippen molar-refractivity contribution < 1.29 is 19.1 Å². The minimum absolute atomic E-state index is 0.0656. The highest BCUT2D eigenvalue weighted by molar-refractivity contribution is 6.30. The molecule has 1 aliphatic rings. The Morgan fingerprint density at radius 1 is 1.33 bits per heavy atom. The Kier molecular flexibility index (Phi) is 7.36. The molecule has 1 heterocycles. The van der Waals surface area contributed by atoms with Gasteiger partial charge in [-0.15, -0.1) is 0 Å². The second-order valence-electron chi connectivity index (χ2n) is 7.78. The van der Waals surface area contributed by atoms with Crippen molar-refractivity contribution in [1.29, 1.82) is 0 Å². The Balaban J connectivity index is 1.94. The zero-order valence-electron chi connectivity index (χ0n) is 16.5. The molecule has 1 N–H and O–H groups in total. The molecule has 0 radical (unpaired) electrons. The van der Waals surface area contributed by atoms with Gasteiger partial charge in [-0.2, -0.15) is 0 Å². The zero-order chi connectivity index (χ0) is 20.0. The van der Waals surface area contributed by atoms with E-state index in [0.717, 1.165) is 19.3 Å². The first-order valence-corrected chi connectivity index (χ1v) is 9.73. The first-order chi connectivity index (χ1) is 12.7. The predicted molar refractivity (Wildman–Crippen MR) is 105 cm³/mol. The lowest BCUT2D eigenvalue weighted by Crippen LogP contribution is -2.53. The van der Waals surface area contributed by atoms with Crippen LogP contribution in [0.25, 0.3) is 0 Å². The van der Waals surface area contributed by atoms with Gasteiger partial charge in [0.15, 0.2) is 6.10 Å². The summed E-state index contributed by atoms with van der Waals surface area (Å²) < 4.78 is 11.0. The van der Waals surface area contributed by atoms with Crippen LogP contribution in [0.1, 0.15) is 47.0 Å². The van der Waals surface area contributed by atoms with E-state index in [2.05, 4.69) is 5.32 Å². The number of benzene rings is 1. The number of hydrogen-bond acceptors (Lipinski definition) is 4. The molecule has 0 bridgehead atoms. The first kappa shape index (κ1) is 21.4. The van der Waals surface area contributed by atoms with E-state index in [1.807, 2.05) is 20.8 Å². The number of nitrogens with one attached hydrogen (secondary N) is 1. The molecule has 0 spiro atoms. The molecular formula is C20H29ClN2O4. The minimum Gasteiger partial charge on any atom is -0.481 e. The number of hydrogen-bond donors (Lipinski definition) is 1. The fraction of sp³-hybridized carbons (Fsp3) is 0.600. The number of carbonyl (C=O) groups is 2. The van der Waals surface area contributed by atoms with Gasteiger partial charge in [0.2, 0.25) is 0 Å².